The van der Waals surface area contributed by atoms with Crippen molar-refractivity contribution in [3.05, 3.63) is 30.1 Å². The number of nitrogens with two attached hydrogens (primary N) is 1. The van der Waals surface area contributed by atoms with Crippen LogP contribution >= 0.6 is 11.8 Å². The average Bonchev–Trinajstić information content (AvgIpc) is 3.04. The highest BCUT2D eigenvalue weighted by atomic mass is 32.2. The number of aromatic nitrogens is 3. The van der Waals surface area contributed by atoms with E-state index in [-0.39, 0.29) is 0 Å². The van der Waals surface area contributed by atoms with Gasteiger partial charge in [-0.3, -0.25) is 4.57 Å². The monoisotopic (exact) mass is 348 g/mol. The molecule has 1 aliphatic heterocycles. The van der Waals surface area contributed by atoms with Gasteiger partial charge in [0.05, 0.1) is 13.7 Å². The fourth-order valence-electron chi connectivity index (χ4n) is 2.81. The summed E-state index contributed by atoms with van der Waals surface area (Å²) in [6.45, 7) is 2.29. The maximum atomic E-state index is 5.73. The van der Waals surface area contributed by atoms with Gasteiger partial charge in [0, 0.05) is 24.5 Å². The summed E-state index contributed by atoms with van der Waals surface area (Å²) in [5.41, 5.74) is 6.76. The quantitative estimate of drug-likeness (QED) is 0.774. The van der Waals surface area contributed by atoms with Crippen LogP contribution in [0.1, 0.15) is 18.7 Å². The summed E-state index contributed by atoms with van der Waals surface area (Å²) in [7, 11) is 1.67. The molecule has 0 unspecified atom stereocenters. The van der Waals surface area contributed by atoms with Crippen molar-refractivity contribution in [3.8, 4) is 11.4 Å². The normalized spacial score (nSPS) is 17.8. The molecule has 0 aliphatic carbocycles. The highest BCUT2D eigenvalue weighted by Gasteiger charge is 2.18. The lowest BCUT2D eigenvalue weighted by molar-refractivity contribution is 0.0632. The van der Waals surface area contributed by atoms with Crippen LogP contribution in [-0.2, 0) is 11.2 Å². The Morgan fingerprint density at radius 1 is 1.33 bits per heavy atom. The fraction of sp³-hybridized carbons (Fsp3) is 0.529. The Morgan fingerprint density at radius 2 is 2.17 bits per heavy atom. The number of hydrogen-bond acceptors (Lipinski definition) is 6. The minimum Gasteiger partial charge on any atom is -0.497 e. The predicted octanol–water partition coefficient (Wildman–Crippen LogP) is 2.30. The standard InChI is InChI=1S/C17H24N4O2S/c1-22-15-6-4-14(5-7-15)21-16(8-9-18)19-20-17(21)24-12-13-3-2-10-23-11-13/h4-7,13H,2-3,8-12,18H2,1H3/t13-/m1/s1. The molecular formula is C17H24N4O2S. The lowest BCUT2D eigenvalue weighted by atomic mass is 10.1. The van der Waals surface area contributed by atoms with E-state index in [1.807, 2.05) is 24.3 Å². The summed E-state index contributed by atoms with van der Waals surface area (Å²) < 4.78 is 12.9. The molecule has 2 N–H and O–H groups in total. The van der Waals surface area contributed by atoms with Crippen LogP contribution in [0.4, 0.5) is 0 Å². The first kappa shape index (κ1) is 17.3. The summed E-state index contributed by atoms with van der Waals surface area (Å²) >= 11 is 1.74. The predicted molar refractivity (Wildman–Crippen MR) is 94.9 cm³/mol. The van der Waals surface area contributed by atoms with Crippen LogP contribution < -0.4 is 10.5 Å². The number of thioether (sulfide) groups is 1. The number of ether oxygens (including phenoxy) is 2. The second-order valence-corrected chi connectivity index (χ2v) is 6.85. The smallest absolute Gasteiger partial charge is 0.195 e. The van der Waals surface area contributed by atoms with Gasteiger partial charge in [-0.25, -0.2) is 0 Å². The zero-order valence-electron chi connectivity index (χ0n) is 14.0. The van der Waals surface area contributed by atoms with Crippen molar-refractivity contribution >= 4 is 11.8 Å². The summed E-state index contributed by atoms with van der Waals surface area (Å²) in [5, 5.41) is 9.64. The lowest BCUT2D eigenvalue weighted by Crippen LogP contribution is -2.19. The van der Waals surface area contributed by atoms with E-state index in [9.17, 15) is 0 Å². The second-order valence-electron chi connectivity index (χ2n) is 5.87. The van der Waals surface area contributed by atoms with Crippen molar-refractivity contribution in [2.75, 3.05) is 32.6 Å². The maximum Gasteiger partial charge on any atom is 0.195 e. The van der Waals surface area contributed by atoms with E-state index in [0.717, 1.165) is 47.8 Å². The van der Waals surface area contributed by atoms with E-state index in [4.69, 9.17) is 15.2 Å². The van der Waals surface area contributed by atoms with Crippen LogP contribution in [0.3, 0.4) is 0 Å². The zero-order valence-corrected chi connectivity index (χ0v) is 14.8. The van der Waals surface area contributed by atoms with Gasteiger partial charge in [0.1, 0.15) is 11.6 Å². The maximum absolute atomic E-state index is 5.73. The number of nitrogens with zero attached hydrogens (tertiary/aromatic N) is 3. The number of methoxy groups -OCH3 is 1. The van der Waals surface area contributed by atoms with E-state index < -0.39 is 0 Å². The van der Waals surface area contributed by atoms with Gasteiger partial charge in [0.15, 0.2) is 5.16 Å². The third-order valence-electron chi connectivity index (χ3n) is 4.10. The van der Waals surface area contributed by atoms with Crippen LogP contribution in [0.25, 0.3) is 5.69 Å². The highest BCUT2D eigenvalue weighted by molar-refractivity contribution is 7.99. The van der Waals surface area contributed by atoms with Crippen LogP contribution in [0, 0.1) is 5.92 Å². The van der Waals surface area contributed by atoms with Gasteiger partial charge in [-0.1, -0.05) is 11.8 Å². The van der Waals surface area contributed by atoms with E-state index >= 15 is 0 Å². The van der Waals surface area contributed by atoms with Gasteiger partial charge in [0.25, 0.3) is 0 Å². The number of benzene rings is 1. The molecule has 2 aromatic rings. The molecule has 0 amide bonds. The van der Waals surface area contributed by atoms with Gasteiger partial charge < -0.3 is 15.2 Å². The SMILES string of the molecule is COc1ccc(-n2c(CCN)nnc2SC[C@@H]2CCCOC2)cc1. The molecule has 1 aromatic carbocycles. The molecule has 0 saturated carbocycles. The summed E-state index contributed by atoms with van der Waals surface area (Å²) in [6, 6.07) is 7.95. The Bertz CT molecular complexity index is 639. The van der Waals surface area contributed by atoms with E-state index in [2.05, 4.69) is 14.8 Å². The summed E-state index contributed by atoms with van der Waals surface area (Å²) in [6.07, 6.45) is 3.07. The van der Waals surface area contributed by atoms with Crippen molar-refractivity contribution in [2.45, 2.75) is 24.4 Å². The Morgan fingerprint density at radius 3 is 2.83 bits per heavy atom. The molecule has 24 heavy (non-hydrogen) atoms. The van der Waals surface area contributed by atoms with Crippen molar-refractivity contribution in [3.63, 3.8) is 0 Å². The Balaban J connectivity index is 1.80. The van der Waals surface area contributed by atoms with Gasteiger partial charge >= 0.3 is 0 Å². The fourth-order valence-corrected chi connectivity index (χ4v) is 3.89. The minimum atomic E-state index is 0.551. The average molecular weight is 348 g/mol. The third-order valence-corrected chi connectivity index (χ3v) is 5.26. The van der Waals surface area contributed by atoms with E-state index in [1.54, 1.807) is 18.9 Å². The number of hydrogen-bond donors (Lipinski definition) is 1. The lowest BCUT2D eigenvalue weighted by Gasteiger charge is -2.21. The largest absolute Gasteiger partial charge is 0.497 e. The molecule has 7 heteroatoms. The van der Waals surface area contributed by atoms with Crippen molar-refractivity contribution in [1.82, 2.24) is 14.8 Å². The van der Waals surface area contributed by atoms with Crippen LogP contribution in [0.2, 0.25) is 0 Å². The highest BCUT2D eigenvalue weighted by Crippen LogP contribution is 2.27. The van der Waals surface area contributed by atoms with Gasteiger partial charge in [-0.15, -0.1) is 10.2 Å². The van der Waals surface area contributed by atoms with Gasteiger partial charge in [-0.05, 0) is 49.6 Å². The third kappa shape index (κ3) is 4.09. The first-order chi connectivity index (χ1) is 11.8. The van der Waals surface area contributed by atoms with Crippen LogP contribution in [-0.4, -0.2) is 47.4 Å². The Labute approximate surface area is 146 Å². The minimum absolute atomic E-state index is 0.551. The van der Waals surface area contributed by atoms with Crippen molar-refractivity contribution in [1.29, 1.82) is 0 Å². The zero-order chi connectivity index (χ0) is 16.8. The first-order valence-electron chi connectivity index (χ1n) is 8.31. The topological polar surface area (TPSA) is 75.2 Å². The molecule has 0 spiro atoms. The summed E-state index contributed by atoms with van der Waals surface area (Å²) in [4.78, 5) is 0. The molecule has 1 fully saturated rings. The molecule has 1 atom stereocenters. The van der Waals surface area contributed by atoms with E-state index in [0.29, 0.717) is 18.9 Å². The van der Waals surface area contributed by atoms with Crippen molar-refractivity contribution in [2.24, 2.45) is 11.7 Å². The molecule has 130 valence electrons. The Hall–Kier alpha value is -1.57. The first-order valence-corrected chi connectivity index (χ1v) is 9.29. The molecule has 0 bridgehead atoms. The molecule has 3 rings (SSSR count). The molecule has 1 aliphatic rings. The second kappa shape index (κ2) is 8.50. The molecule has 1 saturated heterocycles. The molecular weight excluding hydrogens is 324 g/mol. The molecule has 1 aromatic heterocycles. The molecule has 2 heterocycles. The number of rotatable bonds is 7. The van der Waals surface area contributed by atoms with Crippen LogP contribution in [0.15, 0.2) is 29.4 Å². The van der Waals surface area contributed by atoms with Gasteiger partial charge in [0.2, 0.25) is 0 Å². The summed E-state index contributed by atoms with van der Waals surface area (Å²) in [5.74, 6) is 3.31. The van der Waals surface area contributed by atoms with Gasteiger partial charge in [-0.2, -0.15) is 0 Å². The molecule has 0 radical (unpaired) electrons. The molecule has 6 nitrogen and oxygen atoms in total. The van der Waals surface area contributed by atoms with E-state index in [1.165, 1.54) is 6.42 Å². The van der Waals surface area contributed by atoms with Crippen molar-refractivity contribution < 1.29 is 9.47 Å². The van der Waals surface area contributed by atoms with Crippen LogP contribution in [0.5, 0.6) is 5.75 Å². The Kier molecular flexibility index (Phi) is 6.12.